The van der Waals surface area contributed by atoms with Crippen molar-refractivity contribution in [2.75, 3.05) is 7.05 Å². The van der Waals surface area contributed by atoms with Gasteiger partial charge >= 0.3 is 0 Å². The van der Waals surface area contributed by atoms with Crippen LogP contribution < -0.4 is 5.32 Å². The van der Waals surface area contributed by atoms with E-state index in [1.807, 2.05) is 13.1 Å². The van der Waals surface area contributed by atoms with Gasteiger partial charge in [-0.2, -0.15) is 0 Å². The molecule has 1 heterocycles. The molecule has 0 aliphatic carbocycles. The first-order valence-electron chi connectivity index (χ1n) is 5.59. The van der Waals surface area contributed by atoms with Crippen LogP contribution in [-0.4, -0.2) is 7.05 Å². The summed E-state index contributed by atoms with van der Waals surface area (Å²) in [6, 6.07) is 4.02. The smallest absolute Gasteiger partial charge is 0.193 e. The molecule has 2 atom stereocenters. The highest BCUT2D eigenvalue weighted by atomic mass is 35.5. The molecule has 1 N–H and O–H groups in total. The van der Waals surface area contributed by atoms with Gasteiger partial charge in [-0.25, -0.2) is 0 Å². The van der Waals surface area contributed by atoms with E-state index in [9.17, 15) is 0 Å². The lowest BCUT2D eigenvalue weighted by Crippen LogP contribution is -2.18. The summed E-state index contributed by atoms with van der Waals surface area (Å²) in [5.41, 5.74) is 0. The molecule has 15 heavy (non-hydrogen) atoms. The van der Waals surface area contributed by atoms with Crippen LogP contribution in [0.4, 0.5) is 0 Å². The van der Waals surface area contributed by atoms with Gasteiger partial charge in [-0.1, -0.05) is 26.7 Å². The molecule has 1 aromatic heterocycles. The van der Waals surface area contributed by atoms with Crippen LogP contribution in [0, 0.1) is 5.92 Å². The van der Waals surface area contributed by atoms with Gasteiger partial charge in [-0.15, -0.1) is 0 Å². The second kappa shape index (κ2) is 6.19. The molecule has 0 fully saturated rings. The van der Waals surface area contributed by atoms with Gasteiger partial charge < -0.3 is 9.73 Å². The molecule has 0 spiro atoms. The van der Waals surface area contributed by atoms with Crippen LogP contribution in [-0.2, 0) is 0 Å². The van der Waals surface area contributed by atoms with E-state index in [-0.39, 0.29) is 6.04 Å². The van der Waals surface area contributed by atoms with Gasteiger partial charge in [-0.05, 0) is 43.1 Å². The predicted molar refractivity (Wildman–Crippen MR) is 64.2 cm³/mol. The molecule has 0 aliphatic rings. The van der Waals surface area contributed by atoms with E-state index in [0.29, 0.717) is 11.1 Å². The molecule has 3 heteroatoms. The highest BCUT2D eigenvalue weighted by molar-refractivity contribution is 6.28. The molecule has 2 unspecified atom stereocenters. The molecule has 86 valence electrons. The number of halogens is 1. The van der Waals surface area contributed by atoms with Crippen LogP contribution in [0.15, 0.2) is 16.5 Å². The molecule has 1 aromatic rings. The van der Waals surface area contributed by atoms with Crippen molar-refractivity contribution in [1.82, 2.24) is 5.32 Å². The Morgan fingerprint density at radius 3 is 2.67 bits per heavy atom. The van der Waals surface area contributed by atoms with Gasteiger partial charge in [0.05, 0.1) is 6.04 Å². The first kappa shape index (κ1) is 12.6. The third kappa shape index (κ3) is 3.88. The molecular weight excluding hydrogens is 210 g/mol. The Hall–Kier alpha value is -0.470. The fraction of sp³-hybridized carbons (Fsp3) is 0.667. The summed E-state index contributed by atoms with van der Waals surface area (Å²) < 4.78 is 5.42. The third-order valence-electron chi connectivity index (χ3n) is 2.71. The molecule has 1 rings (SSSR count). The van der Waals surface area contributed by atoms with Gasteiger partial charge in [0.2, 0.25) is 0 Å². The second-order valence-electron chi connectivity index (χ2n) is 4.11. The Morgan fingerprint density at radius 1 is 1.47 bits per heavy atom. The Bertz CT molecular complexity index is 285. The van der Waals surface area contributed by atoms with E-state index in [1.165, 1.54) is 12.8 Å². The minimum atomic E-state index is 0.277. The third-order valence-corrected chi connectivity index (χ3v) is 2.91. The Morgan fingerprint density at radius 2 is 2.20 bits per heavy atom. The standard InChI is InChI=1S/C12H20ClNO/c1-4-5-9(2)8-10(14-3)11-6-7-12(13)15-11/h6-7,9-10,14H,4-5,8H2,1-3H3. The van der Waals surface area contributed by atoms with Crippen LogP contribution in [0.3, 0.4) is 0 Å². The summed E-state index contributed by atoms with van der Waals surface area (Å²) in [4.78, 5) is 0. The molecule has 0 bridgehead atoms. The molecule has 0 aliphatic heterocycles. The normalized spacial score (nSPS) is 15.2. The SMILES string of the molecule is CCCC(C)CC(NC)c1ccc(Cl)o1. The number of hydrogen-bond acceptors (Lipinski definition) is 2. The van der Waals surface area contributed by atoms with Crippen LogP contribution in [0.25, 0.3) is 0 Å². The molecule has 0 radical (unpaired) electrons. The first-order valence-corrected chi connectivity index (χ1v) is 5.97. The second-order valence-corrected chi connectivity index (χ2v) is 4.49. The predicted octanol–water partition coefficient (Wildman–Crippen LogP) is 4.02. The van der Waals surface area contributed by atoms with Gasteiger partial charge in [0.15, 0.2) is 5.22 Å². The Kier molecular flexibility index (Phi) is 5.20. The quantitative estimate of drug-likeness (QED) is 0.797. The van der Waals surface area contributed by atoms with Gasteiger partial charge in [-0.3, -0.25) is 0 Å². The Labute approximate surface area is 97.0 Å². The molecule has 0 saturated carbocycles. The van der Waals surface area contributed by atoms with Crippen LogP contribution in [0.2, 0.25) is 5.22 Å². The van der Waals surface area contributed by atoms with Crippen molar-refractivity contribution < 1.29 is 4.42 Å². The maximum Gasteiger partial charge on any atom is 0.193 e. The number of hydrogen-bond donors (Lipinski definition) is 1. The minimum Gasteiger partial charge on any atom is -0.448 e. The maximum absolute atomic E-state index is 5.76. The van der Waals surface area contributed by atoms with Gasteiger partial charge in [0.1, 0.15) is 5.76 Å². The van der Waals surface area contributed by atoms with E-state index in [0.717, 1.165) is 12.2 Å². The fourth-order valence-corrected chi connectivity index (χ4v) is 2.06. The molecular formula is C12H20ClNO. The van der Waals surface area contributed by atoms with Crippen molar-refractivity contribution in [3.63, 3.8) is 0 Å². The number of rotatable bonds is 6. The lowest BCUT2D eigenvalue weighted by Gasteiger charge is -2.18. The highest BCUT2D eigenvalue weighted by Gasteiger charge is 2.16. The average molecular weight is 230 g/mol. The summed E-state index contributed by atoms with van der Waals surface area (Å²) in [7, 11) is 1.96. The molecule has 0 aromatic carbocycles. The lowest BCUT2D eigenvalue weighted by atomic mass is 9.96. The molecule has 0 saturated heterocycles. The zero-order chi connectivity index (χ0) is 11.3. The topological polar surface area (TPSA) is 25.2 Å². The van der Waals surface area contributed by atoms with Crippen molar-refractivity contribution in [2.45, 2.75) is 39.2 Å². The summed E-state index contributed by atoms with van der Waals surface area (Å²) in [5.74, 6) is 1.64. The van der Waals surface area contributed by atoms with Gasteiger partial charge in [0.25, 0.3) is 0 Å². The van der Waals surface area contributed by atoms with E-state index in [1.54, 1.807) is 6.07 Å². The average Bonchev–Trinajstić information content (AvgIpc) is 2.61. The summed E-state index contributed by atoms with van der Waals surface area (Å²) in [6.07, 6.45) is 3.58. The highest BCUT2D eigenvalue weighted by Crippen LogP contribution is 2.26. The van der Waals surface area contributed by atoms with Crippen LogP contribution in [0.5, 0.6) is 0 Å². The van der Waals surface area contributed by atoms with E-state index in [4.69, 9.17) is 16.0 Å². The minimum absolute atomic E-state index is 0.277. The maximum atomic E-state index is 5.76. The summed E-state index contributed by atoms with van der Waals surface area (Å²) in [6.45, 7) is 4.49. The van der Waals surface area contributed by atoms with Crippen molar-refractivity contribution in [3.8, 4) is 0 Å². The zero-order valence-electron chi connectivity index (χ0n) is 9.72. The molecule has 2 nitrogen and oxygen atoms in total. The fourth-order valence-electron chi connectivity index (χ4n) is 1.90. The van der Waals surface area contributed by atoms with Crippen molar-refractivity contribution >= 4 is 11.6 Å². The summed E-state index contributed by atoms with van der Waals surface area (Å²) in [5, 5.41) is 3.73. The van der Waals surface area contributed by atoms with Crippen molar-refractivity contribution in [2.24, 2.45) is 5.92 Å². The number of nitrogens with one attached hydrogen (secondary N) is 1. The monoisotopic (exact) mass is 229 g/mol. The largest absolute Gasteiger partial charge is 0.448 e. The first-order chi connectivity index (χ1) is 7.17. The van der Waals surface area contributed by atoms with Crippen molar-refractivity contribution in [3.05, 3.63) is 23.1 Å². The van der Waals surface area contributed by atoms with E-state index < -0.39 is 0 Å². The summed E-state index contributed by atoms with van der Waals surface area (Å²) >= 11 is 5.76. The van der Waals surface area contributed by atoms with Crippen LogP contribution >= 0.6 is 11.6 Å². The van der Waals surface area contributed by atoms with Crippen molar-refractivity contribution in [1.29, 1.82) is 0 Å². The number of furan rings is 1. The van der Waals surface area contributed by atoms with Gasteiger partial charge in [0, 0.05) is 0 Å². The Balaban J connectivity index is 2.56. The zero-order valence-corrected chi connectivity index (χ0v) is 10.5. The van der Waals surface area contributed by atoms with E-state index in [2.05, 4.69) is 19.2 Å². The van der Waals surface area contributed by atoms with Crippen LogP contribution in [0.1, 0.15) is 44.9 Å². The lowest BCUT2D eigenvalue weighted by molar-refractivity contribution is 0.355. The van der Waals surface area contributed by atoms with E-state index >= 15 is 0 Å². The molecule has 0 amide bonds.